The molecule has 1 aromatic carbocycles. The molecule has 4 nitrogen and oxygen atoms in total. The summed E-state index contributed by atoms with van der Waals surface area (Å²) in [5.74, 6) is -0.760. The zero-order chi connectivity index (χ0) is 14.7. The number of carbonyl (C=O) groups excluding carboxylic acids is 1. The summed E-state index contributed by atoms with van der Waals surface area (Å²) in [7, 11) is -3.46. The maximum Gasteiger partial charge on any atom is 0.307 e. The second kappa shape index (κ2) is 6.05. The van der Waals surface area contributed by atoms with Gasteiger partial charge in [-0.1, -0.05) is 22.0 Å². The lowest BCUT2D eigenvalue weighted by Gasteiger charge is -2.19. The van der Waals surface area contributed by atoms with Crippen LogP contribution in [0.15, 0.2) is 33.6 Å². The molecule has 0 unspecified atom stereocenters. The summed E-state index contributed by atoms with van der Waals surface area (Å²) in [6.45, 7) is 5.23. The highest BCUT2D eigenvalue weighted by molar-refractivity contribution is 9.10. The van der Waals surface area contributed by atoms with E-state index in [0.717, 1.165) is 0 Å². The van der Waals surface area contributed by atoms with Crippen molar-refractivity contribution >= 4 is 31.7 Å². The van der Waals surface area contributed by atoms with Crippen molar-refractivity contribution in [3.63, 3.8) is 0 Å². The van der Waals surface area contributed by atoms with Crippen LogP contribution < -0.4 is 0 Å². The maximum absolute atomic E-state index is 12.0. The van der Waals surface area contributed by atoms with E-state index in [2.05, 4.69) is 15.9 Å². The van der Waals surface area contributed by atoms with Gasteiger partial charge in [-0.25, -0.2) is 8.42 Å². The Morgan fingerprint density at radius 3 is 2.47 bits per heavy atom. The Morgan fingerprint density at radius 2 is 1.95 bits per heavy atom. The molecule has 0 aliphatic carbocycles. The minimum Gasteiger partial charge on any atom is -0.460 e. The first-order chi connectivity index (χ1) is 8.60. The number of sulfone groups is 1. The number of benzene rings is 1. The van der Waals surface area contributed by atoms with Crippen LogP contribution in [0, 0.1) is 0 Å². The number of hydrogen-bond acceptors (Lipinski definition) is 4. The molecule has 0 saturated carbocycles. The standard InChI is InChI=1S/C13H17BrO4S/c1-13(2,3)18-12(15)7-8-19(16,17)11-6-4-5-10(14)9-11/h4-6,9H,7-8H2,1-3H3. The second-order valence-electron chi connectivity index (χ2n) is 5.11. The predicted molar refractivity (Wildman–Crippen MR) is 76.7 cm³/mol. The molecule has 0 radical (unpaired) electrons. The second-order valence-corrected chi connectivity index (χ2v) is 8.14. The molecule has 0 fully saturated rings. The molecule has 1 rings (SSSR count). The van der Waals surface area contributed by atoms with Crippen LogP contribution in [0.4, 0.5) is 0 Å². The Hall–Kier alpha value is -0.880. The molecule has 0 saturated heterocycles. The molecule has 0 aliphatic rings. The highest BCUT2D eigenvalue weighted by atomic mass is 79.9. The lowest BCUT2D eigenvalue weighted by atomic mass is 10.2. The van der Waals surface area contributed by atoms with Crippen molar-refractivity contribution in [1.29, 1.82) is 0 Å². The third-order valence-electron chi connectivity index (χ3n) is 2.15. The van der Waals surface area contributed by atoms with E-state index in [-0.39, 0.29) is 17.1 Å². The highest BCUT2D eigenvalue weighted by Crippen LogP contribution is 2.18. The number of carbonyl (C=O) groups is 1. The Bertz CT molecular complexity index is 558. The average Bonchev–Trinajstić information content (AvgIpc) is 2.24. The summed E-state index contributed by atoms with van der Waals surface area (Å²) in [5, 5.41) is 0. The quantitative estimate of drug-likeness (QED) is 0.784. The molecule has 0 atom stereocenters. The normalized spacial score (nSPS) is 12.2. The molecule has 0 aromatic heterocycles. The topological polar surface area (TPSA) is 60.4 Å². The monoisotopic (exact) mass is 348 g/mol. The minimum atomic E-state index is -3.46. The summed E-state index contributed by atoms with van der Waals surface area (Å²) in [4.78, 5) is 11.7. The number of halogens is 1. The molecule has 0 N–H and O–H groups in total. The van der Waals surface area contributed by atoms with Gasteiger partial charge >= 0.3 is 5.97 Å². The van der Waals surface area contributed by atoms with E-state index in [0.29, 0.717) is 4.47 Å². The summed E-state index contributed by atoms with van der Waals surface area (Å²) < 4.78 is 29.8. The summed E-state index contributed by atoms with van der Waals surface area (Å²) in [6, 6.07) is 6.41. The van der Waals surface area contributed by atoms with Gasteiger partial charge in [0, 0.05) is 4.47 Å². The summed E-state index contributed by atoms with van der Waals surface area (Å²) in [5.41, 5.74) is -0.601. The van der Waals surface area contributed by atoms with Crippen molar-refractivity contribution in [1.82, 2.24) is 0 Å². The number of esters is 1. The molecule has 6 heteroatoms. The minimum absolute atomic E-state index is 0.147. The van der Waals surface area contributed by atoms with Crippen LogP contribution in [0.5, 0.6) is 0 Å². The molecule has 0 bridgehead atoms. The van der Waals surface area contributed by atoms with Gasteiger partial charge in [0.05, 0.1) is 17.1 Å². The van der Waals surface area contributed by atoms with Crippen LogP contribution in [0.2, 0.25) is 0 Å². The Morgan fingerprint density at radius 1 is 1.32 bits per heavy atom. The molecular weight excluding hydrogens is 332 g/mol. The van der Waals surface area contributed by atoms with Gasteiger partial charge in [0.1, 0.15) is 5.60 Å². The van der Waals surface area contributed by atoms with Gasteiger partial charge in [0.15, 0.2) is 9.84 Å². The maximum atomic E-state index is 12.0. The number of rotatable bonds is 4. The molecule has 0 aliphatic heterocycles. The van der Waals surface area contributed by atoms with Gasteiger partial charge in [0.2, 0.25) is 0 Å². The van der Waals surface area contributed by atoms with Gasteiger partial charge in [-0.2, -0.15) is 0 Å². The Kier molecular flexibility index (Phi) is 5.15. The van der Waals surface area contributed by atoms with Crippen molar-refractivity contribution in [2.75, 3.05) is 5.75 Å². The fourth-order valence-corrected chi connectivity index (χ4v) is 3.20. The molecular formula is C13H17BrO4S. The average molecular weight is 349 g/mol. The van der Waals surface area contributed by atoms with E-state index >= 15 is 0 Å². The fourth-order valence-electron chi connectivity index (χ4n) is 1.39. The first kappa shape index (κ1) is 16.2. The zero-order valence-corrected chi connectivity index (χ0v) is 13.5. The summed E-state index contributed by atoms with van der Waals surface area (Å²) in [6.07, 6.45) is -0.147. The fraction of sp³-hybridized carbons (Fsp3) is 0.462. The molecule has 0 amide bonds. The Balaban J connectivity index is 2.69. The van der Waals surface area contributed by atoms with Crippen LogP contribution in [0.1, 0.15) is 27.2 Å². The van der Waals surface area contributed by atoms with Crippen molar-refractivity contribution in [2.24, 2.45) is 0 Å². The first-order valence-electron chi connectivity index (χ1n) is 5.80. The molecule has 0 heterocycles. The number of hydrogen-bond donors (Lipinski definition) is 0. The van der Waals surface area contributed by atoms with E-state index in [1.807, 2.05) is 0 Å². The third kappa shape index (κ3) is 5.74. The van der Waals surface area contributed by atoms with Crippen LogP contribution in [0.25, 0.3) is 0 Å². The van der Waals surface area contributed by atoms with Crippen LogP contribution in [-0.2, 0) is 19.4 Å². The van der Waals surface area contributed by atoms with Gasteiger partial charge in [0.25, 0.3) is 0 Å². The Labute approximate surface area is 122 Å². The van der Waals surface area contributed by atoms with Gasteiger partial charge < -0.3 is 4.74 Å². The van der Waals surface area contributed by atoms with E-state index in [1.54, 1.807) is 32.9 Å². The SMILES string of the molecule is CC(C)(C)OC(=O)CCS(=O)(=O)c1cccc(Br)c1. The van der Waals surface area contributed by atoms with E-state index in [4.69, 9.17) is 4.74 Å². The first-order valence-corrected chi connectivity index (χ1v) is 8.25. The van der Waals surface area contributed by atoms with E-state index in [9.17, 15) is 13.2 Å². The van der Waals surface area contributed by atoms with E-state index in [1.165, 1.54) is 12.1 Å². The predicted octanol–water partition coefficient (Wildman–Crippen LogP) is 2.95. The van der Waals surface area contributed by atoms with Crippen LogP contribution in [-0.4, -0.2) is 25.7 Å². The third-order valence-corrected chi connectivity index (χ3v) is 4.36. The smallest absolute Gasteiger partial charge is 0.307 e. The number of ether oxygens (including phenoxy) is 1. The lowest BCUT2D eigenvalue weighted by Crippen LogP contribution is -2.25. The van der Waals surface area contributed by atoms with Crippen molar-refractivity contribution < 1.29 is 17.9 Å². The van der Waals surface area contributed by atoms with Crippen molar-refractivity contribution in [3.8, 4) is 0 Å². The molecule has 106 valence electrons. The largest absolute Gasteiger partial charge is 0.460 e. The van der Waals surface area contributed by atoms with Gasteiger partial charge in [-0.3, -0.25) is 4.79 Å². The lowest BCUT2D eigenvalue weighted by molar-refractivity contribution is -0.154. The zero-order valence-electron chi connectivity index (χ0n) is 11.1. The van der Waals surface area contributed by atoms with Crippen LogP contribution >= 0.6 is 15.9 Å². The van der Waals surface area contributed by atoms with E-state index < -0.39 is 21.4 Å². The summed E-state index contributed by atoms with van der Waals surface area (Å²) >= 11 is 3.22. The molecule has 19 heavy (non-hydrogen) atoms. The molecule has 0 spiro atoms. The van der Waals surface area contributed by atoms with Gasteiger partial charge in [-0.05, 0) is 39.0 Å². The van der Waals surface area contributed by atoms with Crippen LogP contribution in [0.3, 0.4) is 0 Å². The molecule has 1 aromatic rings. The highest BCUT2D eigenvalue weighted by Gasteiger charge is 2.20. The van der Waals surface area contributed by atoms with Crippen molar-refractivity contribution in [2.45, 2.75) is 37.7 Å². The van der Waals surface area contributed by atoms with Gasteiger partial charge in [-0.15, -0.1) is 0 Å². The van der Waals surface area contributed by atoms with Crippen molar-refractivity contribution in [3.05, 3.63) is 28.7 Å².